The highest BCUT2D eigenvalue weighted by atomic mass is 19.3. The van der Waals surface area contributed by atoms with Gasteiger partial charge >= 0.3 is 11.9 Å². The van der Waals surface area contributed by atoms with Gasteiger partial charge in [0.1, 0.15) is 11.8 Å². The fraction of sp³-hybridized carbons (Fsp3) is 0.579. The molecule has 4 atom stereocenters. The van der Waals surface area contributed by atoms with E-state index in [1.807, 2.05) is 0 Å². The van der Waals surface area contributed by atoms with Crippen LogP contribution in [0.4, 0.5) is 17.6 Å². The zero-order chi connectivity index (χ0) is 22.7. The van der Waals surface area contributed by atoms with Crippen LogP contribution in [0.15, 0.2) is 30.3 Å². The number of esters is 2. The van der Waals surface area contributed by atoms with Crippen molar-refractivity contribution in [3.8, 4) is 0 Å². The largest absolute Gasteiger partial charge is 0.466 e. The summed E-state index contributed by atoms with van der Waals surface area (Å²) < 4.78 is 69.4. The minimum atomic E-state index is -3.91. The van der Waals surface area contributed by atoms with Gasteiger partial charge in [-0.1, -0.05) is 30.3 Å². The number of hydrogen-bond donors (Lipinski definition) is 2. The van der Waals surface area contributed by atoms with Crippen LogP contribution in [-0.2, 0) is 23.8 Å². The van der Waals surface area contributed by atoms with Gasteiger partial charge in [-0.05, 0) is 19.4 Å². The van der Waals surface area contributed by atoms with Gasteiger partial charge in [0.25, 0.3) is 12.9 Å². The molecule has 11 heteroatoms. The van der Waals surface area contributed by atoms with Gasteiger partial charge in [0.2, 0.25) is 11.6 Å². The average molecular weight is 438 g/mol. The van der Waals surface area contributed by atoms with Crippen molar-refractivity contribution in [3.05, 3.63) is 35.9 Å². The van der Waals surface area contributed by atoms with Crippen molar-refractivity contribution in [3.63, 3.8) is 0 Å². The molecule has 0 spiro atoms. The van der Waals surface area contributed by atoms with Gasteiger partial charge in [0, 0.05) is 5.92 Å². The Morgan fingerprint density at radius 1 is 0.933 bits per heavy atom. The molecule has 0 aliphatic carbocycles. The molecular formula is C19H22F4O7. The smallest absolute Gasteiger partial charge is 0.315 e. The molecule has 168 valence electrons. The maximum Gasteiger partial charge on any atom is 0.315 e. The quantitative estimate of drug-likeness (QED) is 0.496. The topological polar surface area (TPSA) is 102 Å². The van der Waals surface area contributed by atoms with Crippen molar-refractivity contribution < 1.29 is 51.6 Å². The van der Waals surface area contributed by atoms with Crippen LogP contribution in [0.5, 0.6) is 0 Å². The first kappa shape index (κ1) is 24.0. The number of carbonyl (C=O) groups excluding carboxylic acids is 2. The van der Waals surface area contributed by atoms with Gasteiger partial charge in [-0.15, -0.1) is 0 Å². The van der Waals surface area contributed by atoms with E-state index in [9.17, 15) is 37.4 Å². The molecule has 1 heterocycles. The Hall–Kier alpha value is -2.24. The molecule has 0 aromatic heterocycles. The lowest BCUT2D eigenvalue weighted by atomic mass is 9.67. The maximum absolute atomic E-state index is 13.9. The van der Waals surface area contributed by atoms with Crippen LogP contribution in [-0.4, -0.2) is 59.8 Å². The molecule has 1 saturated heterocycles. The Balaban J connectivity index is 2.82. The molecule has 0 saturated carbocycles. The summed E-state index contributed by atoms with van der Waals surface area (Å²) in [5.41, 5.74) is -0.0601. The van der Waals surface area contributed by atoms with Crippen LogP contribution < -0.4 is 0 Å². The zero-order valence-corrected chi connectivity index (χ0v) is 16.1. The third kappa shape index (κ3) is 4.14. The van der Waals surface area contributed by atoms with Crippen LogP contribution >= 0.6 is 0 Å². The monoisotopic (exact) mass is 438 g/mol. The summed E-state index contributed by atoms with van der Waals surface area (Å²) in [5, 5.41) is 21.1. The minimum absolute atomic E-state index is 0.0601. The maximum atomic E-state index is 13.9. The average Bonchev–Trinajstić information content (AvgIpc) is 2.68. The molecule has 7 nitrogen and oxygen atoms in total. The van der Waals surface area contributed by atoms with Crippen molar-refractivity contribution >= 4 is 11.9 Å². The number of rotatable bonds is 7. The lowest BCUT2D eigenvalue weighted by molar-refractivity contribution is -0.439. The van der Waals surface area contributed by atoms with Crippen molar-refractivity contribution in [1.82, 2.24) is 0 Å². The minimum Gasteiger partial charge on any atom is -0.466 e. The SMILES string of the molecule is CCOC(=O)C1C(c2ccccc2)C(C(=O)OCC)C(O)(C(F)F)OC1(O)C(F)F. The second-order valence-electron chi connectivity index (χ2n) is 6.60. The van der Waals surface area contributed by atoms with Crippen LogP contribution in [0, 0.1) is 11.8 Å². The van der Waals surface area contributed by atoms with Gasteiger partial charge in [-0.25, -0.2) is 17.6 Å². The van der Waals surface area contributed by atoms with Gasteiger partial charge < -0.3 is 24.4 Å². The number of carbonyl (C=O) groups is 2. The highest BCUT2D eigenvalue weighted by Crippen LogP contribution is 2.54. The Labute approximate surface area is 169 Å². The molecular weight excluding hydrogens is 416 g/mol. The third-order valence-corrected chi connectivity index (χ3v) is 4.83. The normalized spacial score (nSPS) is 31.6. The number of ether oxygens (including phenoxy) is 3. The van der Waals surface area contributed by atoms with Crippen LogP contribution in [0.1, 0.15) is 25.3 Å². The summed E-state index contributed by atoms with van der Waals surface area (Å²) in [4.78, 5) is 25.2. The Morgan fingerprint density at radius 2 is 1.33 bits per heavy atom. The summed E-state index contributed by atoms with van der Waals surface area (Å²) in [7, 11) is 0. The molecule has 0 radical (unpaired) electrons. The lowest BCUT2D eigenvalue weighted by Gasteiger charge is -2.52. The van der Waals surface area contributed by atoms with Crippen LogP contribution in [0.3, 0.4) is 0 Å². The number of hydrogen-bond acceptors (Lipinski definition) is 7. The van der Waals surface area contributed by atoms with Gasteiger partial charge in [-0.3, -0.25) is 9.59 Å². The van der Waals surface area contributed by atoms with E-state index in [0.29, 0.717) is 0 Å². The lowest BCUT2D eigenvalue weighted by Crippen LogP contribution is -2.70. The van der Waals surface area contributed by atoms with Crippen molar-refractivity contribution in [2.24, 2.45) is 11.8 Å². The summed E-state index contributed by atoms with van der Waals surface area (Å²) >= 11 is 0. The molecule has 1 aliphatic rings. The molecule has 1 fully saturated rings. The molecule has 0 bridgehead atoms. The second-order valence-corrected chi connectivity index (χ2v) is 6.60. The molecule has 1 aromatic rings. The van der Waals surface area contributed by atoms with Crippen LogP contribution in [0.25, 0.3) is 0 Å². The molecule has 2 N–H and O–H groups in total. The van der Waals surface area contributed by atoms with Gasteiger partial charge in [0.15, 0.2) is 0 Å². The highest BCUT2D eigenvalue weighted by molar-refractivity contribution is 5.80. The molecule has 0 amide bonds. The number of halogens is 4. The number of alkyl halides is 4. The van der Waals surface area contributed by atoms with E-state index in [1.165, 1.54) is 44.2 Å². The summed E-state index contributed by atoms with van der Waals surface area (Å²) in [5.74, 6) is -17.1. The summed E-state index contributed by atoms with van der Waals surface area (Å²) in [6.45, 7) is 2.14. The van der Waals surface area contributed by atoms with E-state index in [2.05, 4.69) is 4.74 Å². The fourth-order valence-electron chi connectivity index (χ4n) is 3.61. The van der Waals surface area contributed by atoms with Crippen molar-refractivity contribution in [1.29, 1.82) is 0 Å². The second kappa shape index (κ2) is 9.27. The van der Waals surface area contributed by atoms with E-state index in [0.717, 1.165) is 0 Å². The van der Waals surface area contributed by atoms with E-state index >= 15 is 0 Å². The molecule has 30 heavy (non-hydrogen) atoms. The standard InChI is InChI=1S/C19H22F4O7/c1-3-28-14(24)12-11(10-8-6-5-7-9-10)13(15(25)29-4-2)19(27,17(22)23)30-18(12,26)16(20)21/h5-9,11-13,16-17,26-27H,3-4H2,1-2H3. The first-order chi connectivity index (χ1) is 14.0. The van der Waals surface area contributed by atoms with Gasteiger partial charge in [-0.2, -0.15) is 0 Å². The third-order valence-electron chi connectivity index (χ3n) is 4.83. The van der Waals surface area contributed by atoms with E-state index in [-0.39, 0.29) is 18.8 Å². The Kier molecular flexibility index (Phi) is 7.43. The van der Waals surface area contributed by atoms with Crippen LogP contribution in [0.2, 0.25) is 0 Å². The predicted molar refractivity (Wildman–Crippen MR) is 92.4 cm³/mol. The molecule has 1 aliphatic heterocycles. The molecule has 1 aromatic carbocycles. The highest BCUT2D eigenvalue weighted by Gasteiger charge is 2.71. The zero-order valence-electron chi connectivity index (χ0n) is 16.1. The Bertz CT molecular complexity index is 706. The summed E-state index contributed by atoms with van der Waals surface area (Å²) in [6.07, 6.45) is -7.82. The first-order valence-electron chi connectivity index (χ1n) is 9.13. The predicted octanol–water partition coefficient (Wildman–Crippen LogP) is 2.07. The molecule has 4 unspecified atom stereocenters. The Morgan fingerprint density at radius 3 is 1.67 bits per heavy atom. The fourth-order valence-corrected chi connectivity index (χ4v) is 3.61. The van der Waals surface area contributed by atoms with Crippen molar-refractivity contribution in [2.45, 2.75) is 44.2 Å². The van der Waals surface area contributed by atoms with E-state index < -0.39 is 54.1 Å². The van der Waals surface area contributed by atoms with E-state index in [4.69, 9.17) is 9.47 Å². The summed E-state index contributed by atoms with van der Waals surface area (Å²) in [6, 6.07) is 6.86. The van der Waals surface area contributed by atoms with Crippen molar-refractivity contribution in [2.75, 3.05) is 13.2 Å². The van der Waals surface area contributed by atoms with Gasteiger partial charge in [0.05, 0.1) is 13.2 Å². The molecule has 2 rings (SSSR count). The first-order valence-corrected chi connectivity index (χ1v) is 9.13. The number of benzene rings is 1. The van der Waals surface area contributed by atoms with E-state index in [1.54, 1.807) is 0 Å². The number of aliphatic hydroxyl groups is 2.